The summed E-state index contributed by atoms with van der Waals surface area (Å²) in [5.41, 5.74) is 4.41. The second-order valence-electron chi connectivity index (χ2n) is 7.41. The highest BCUT2D eigenvalue weighted by molar-refractivity contribution is 5.86. The molecule has 2 aromatic rings. The van der Waals surface area contributed by atoms with Crippen molar-refractivity contribution < 1.29 is 29.3 Å². The minimum absolute atomic E-state index is 0.0951. The van der Waals surface area contributed by atoms with Gasteiger partial charge in [-0.3, -0.25) is 4.79 Å². The Bertz CT molecular complexity index is 915. The summed E-state index contributed by atoms with van der Waals surface area (Å²) in [6.07, 6.45) is -1.47. The zero-order valence-corrected chi connectivity index (χ0v) is 17.2. The van der Waals surface area contributed by atoms with Gasteiger partial charge in [0.1, 0.15) is 12.6 Å². The van der Waals surface area contributed by atoms with Gasteiger partial charge in [-0.2, -0.15) is 0 Å². The van der Waals surface area contributed by atoms with Crippen molar-refractivity contribution in [3.05, 3.63) is 59.7 Å². The molecule has 0 spiro atoms. The smallest absolute Gasteiger partial charge is 0.407 e. The van der Waals surface area contributed by atoms with Crippen LogP contribution < -0.4 is 10.6 Å². The molecule has 0 aromatic heterocycles. The first-order chi connectivity index (χ1) is 14.9. The summed E-state index contributed by atoms with van der Waals surface area (Å²) >= 11 is 0. The number of nitrogens with one attached hydrogen (secondary N) is 2. The molecule has 3 rings (SSSR count). The van der Waals surface area contributed by atoms with Crippen molar-refractivity contribution >= 4 is 18.0 Å². The number of hydrogen-bond donors (Lipinski definition) is 4. The van der Waals surface area contributed by atoms with E-state index in [4.69, 9.17) is 9.84 Å². The van der Waals surface area contributed by atoms with Gasteiger partial charge in [-0.25, -0.2) is 9.59 Å². The Balaban J connectivity index is 1.61. The van der Waals surface area contributed by atoms with Crippen molar-refractivity contribution in [2.75, 3.05) is 13.2 Å². The van der Waals surface area contributed by atoms with E-state index in [1.807, 2.05) is 55.5 Å². The van der Waals surface area contributed by atoms with Gasteiger partial charge in [0, 0.05) is 5.92 Å². The highest BCUT2D eigenvalue weighted by atomic mass is 16.5. The molecule has 2 aromatic carbocycles. The standard InChI is InChI=1S/C23H26N2O6/c1-2-7-19(21(27)24-12-20(26)22(28)29)25-23(30)31-13-18-16-10-5-3-8-14(16)15-9-4-6-11-17(15)18/h3-6,8-11,18-20,26H,2,7,12-13H2,1H3,(H,24,27)(H,25,30)(H,28,29)/t19?,20-/m0/s1. The van der Waals surface area contributed by atoms with Gasteiger partial charge in [0.25, 0.3) is 0 Å². The molecule has 0 fully saturated rings. The molecular weight excluding hydrogens is 400 g/mol. The first kappa shape index (κ1) is 22.3. The van der Waals surface area contributed by atoms with E-state index in [0.717, 1.165) is 22.3 Å². The number of ether oxygens (including phenoxy) is 1. The lowest BCUT2D eigenvalue weighted by Crippen LogP contribution is -2.49. The molecule has 0 heterocycles. The summed E-state index contributed by atoms with van der Waals surface area (Å²) < 4.78 is 5.46. The Morgan fingerprint density at radius 2 is 1.61 bits per heavy atom. The molecule has 164 valence electrons. The fourth-order valence-corrected chi connectivity index (χ4v) is 3.75. The lowest BCUT2D eigenvalue weighted by atomic mass is 9.98. The number of carboxylic acids is 1. The minimum atomic E-state index is -1.71. The molecule has 0 aliphatic heterocycles. The number of benzene rings is 2. The summed E-state index contributed by atoms with van der Waals surface area (Å²) in [7, 11) is 0. The number of amides is 2. The van der Waals surface area contributed by atoms with E-state index >= 15 is 0 Å². The van der Waals surface area contributed by atoms with Crippen LogP contribution in [0.2, 0.25) is 0 Å². The third kappa shape index (κ3) is 5.21. The van der Waals surface area contributed by atoms with Gasteiger partial charge in [-0.1, -0.05) is 61.9 Å². The van der Waals surface area contributed by atoms with E-state index in [2.05, 4.69) is 10.6 Å². The van der Waals surface area contributed by atoms with Crippen LogP contribution in [0.3, 0.4) is 0 Å². The van der Waals surface area contributed by atoms with Gasteiger partial charge in [-0.15, -0.1) is 0 Å². The SMILES string of the molecule is CCCC(NC(=O)OCC1c2ccccc2-c2ccccc21)C(=O)NC[C@H](O)C(=O)O. The zero-order chi connectivity index (χ0) is 22.4. The van der Waals surface area contributed by atoms with Crippen LogP contribution in [0.1, 0.15) is 36.8 Å². The van der Waals surface area contributed by atoms with Crippen LogP contribution in [-0.4, -0.2) is 53.5 Å². The number of aliphatic carboxylic acids is 1. The monoisotopic (exact) mass is 426 g/mol. The number of carbonyl (C=O) groups is 3. The third-order valence-corrected chi connectivity index (χ3v) is 5.28. The number of aliphatic hydroxyl groups excluding tert-OH is 1. The molecule has 2 atom stereocenters. The van der Waals surface area contributed by atoms with Crippen LogP contribution in [0.5, 0.6) is 0 Å². The Morgan fingerprint density at radius 3 is 2.16 bits per heavy atom. The van der Waals surface area contributed by atoms with Crippen molar-refractivity contribution in [1.82, 2.24) is 10.6 Å². The fraction of sp³-hybridized carbons (Fsp3) is 0.348. The second kappa shape index (κ2) is 10.1. The number of alkyl carbamates (subject to hydrolysis) is 1. The first-order valence-electron chi connectivity index (χ1n) is 10.2. The third-order valence-electron chi connectivity index (χ3n) is 5.28. The Labute approximate surface area is 180 Å². The molecule has 0 saturated carbocycles. The maximum Gasteiger partial charge on any atom is 0.407 e. The van der Waals surface area contributed by atoms with Gasteiger partial charge in [0.05, 0.1) is 6.54 Å². The highest BCUT2D eigenvalue weighted by Gasteiger charge is 2.29. The van der Waals surface area contributed by atoms with E-state index in [-0.39, 0.29) is 12.5 Å². The number of carboxylic acid groups (broad SMARTS) is 1. The Kier molecular flexibility index (Phi) is 7.25. The van der Waals surface area contributed by atoms with E-state index in [1.54, 1.807) is 0 Å². The number of aliphatic hydroxyl groups is 1. The number of fused-ring (bicyclic) bond motifs is 3. The molecular formula is C23H26N2O6. The van der Waals surface area contributed by atoms with Crippen LogP contribution in [0, 0.1) is 0 Å². The van der Waals surface area contributed by atoms with Crippen LogP contribution in [0.25, 0.3) is 11.1 Å². The molecule has 0 saturated heterocycles. The topological polar surface area (TPSA) is 125 Å². The molecule has 1 aliphatic rings. The van der Waals surface area contributed by atoms with Crippen molar-refractivity contribution in [3.63, 3.8) is 0 Å². The molecule has 0 bridgehead atoms. The van der Waals surface area contributed by atoms with E-state index in [1.165, 1.54) is 0 Å². The van der Waals surface area contributed by atoms with Crippen molar-refractivity contribution in [2.45, 2.75) is 37.8 Å². The summed E-state index contributed by atoms with van der Waals surface area (Å²) in [4.78, 5) is 35.4. The summed E-state index contributed by atoms with van der Waals surface area (Å²) in [5, 5.41) is 22.9. The molecule has 4 N–H and O–H groups in total. The van der Waals surface area contributed by atoms with E-state index in [0.29, 0.717) is 12.8 Å². The highest BCUT2D eigenvalue weighted by Crippen LogP contribution is 2.44. The maximum atomic E-state index is 12.4. The molecule has 0 radical (unpaired) electrons. The average molecular weight is 426 g/mol. The van der Waals surface area contributed by atoms with Gasteiger partial charge in [0.2, 0.25) is 5.91 Å². The Morgan fingerprint density at radius 1 is 1.03 bits per heavy atom. The normalized spacial score (nSPS) is 14.1. The van der Waals surface area contributed by atoms with Crippen molar-refractivity contribution in [3.8, 4) is 11.1 Å². The largest absolute Gasteiger partial charge is 0.479 e. The van der Waals surface area contributed by atoms with Crippen LogP contribution >= 0.6 is 0 Å². The van der Waals surface area contributed by atoms with E-state index in [9.17, 15) is 19.5 Å². The molecule has 8 heteroatoms. The van der Waals surface area contributed by atoms with Crippen LogP contribution in [0.15, 0.2) is 48.5 Å². The lowest BCUT2D eigenvalue weighted by Gasteiger charge is -2.19. The molecule has 8 nitrogen and oxygen atoms in total. The Hall–Kier alpha value is -3.39. The molecule has 1 aliphatic carbocycles. The number of hydrogen-bond acceptors (Lipinski definition) is 5. The first-order valence-corrected chi connectivity index (χ1v) is 10.2. The van der Waals surface area contributed by atoms with Crippen molar-refractivity contribution in [2.24, 2.45) is 0 Å². The zero-order valence-electron chi connectivity index (χ0n) is 17.2. The van der Waals surface area contributed by atoms with Crippen LogP contribution in [-0.2, 0) is 14.3 Å². The van der Waals surface area contributed by atoms with Crippen LogP contribution in [0.4, 0.5) is 4.79 Å². The fourth-order valence-electron chi connectivity index (χ4n) is 3.75. The molecule has 1 unspecified atom stereocenters. The molecule has 2 amide bonds. The van der Waals surface area contributed by atoms with Crippen molar-refractivity contribution in [1.29, 1.82) is 0 Å². The quantitative estimate of drug-likeness (QED) is 0.487. The average Bonchev–Trinajstić information content (AvgIpc) is 3.09. The van der Waals surface area contributed by atoms with Gasteiger partial charge >= 0.3 is 12.1 Å². The second-order valence-corrected chi connectivity index (χ2v) is 7.41. The predicted octanol–water partition coefficient (Wildman–Crippen LogP) is 2.26. The lowest BCUT2D eigenvalue weighted by molar-refractivity contribution is -0.146. The van der Waals surface area contributed by atoms with E-state index < -0.39 is 36.7 Å². The summed E-state index contributed by atoms with van der Waals surface area (Å²) in [6, 6.07) is 15.1. The van der Waals surface area contributed by atoms with Gasteiger partial charge < -0.3 is 25.6 Å². The summed E-state index contributed by atoms with van der Waals surface area (Å²) in [5.74, 6) is -2.10. The predicted molar refractivity (Wildman–Crippen MR) is 114 cm³/mol. The van der Waals surface area contributed by atoms with Gasteiger partial charge in [0.15, 0.2) is 6.10 Å². The summed E-state index contributed by atoms with van der Waals surface area (Å²) in [6.45, 7) is 1.53. The minimum Gasteiger partial charge on any atom is -0.479 e. The number of carbonyl (C=O) groups excluding carboxylic acids is 2. The maximum absolute atomic E-state index is 12.4. The molecule has 31 heavy (non-hydrogen) atoms. The number of rotatable bonds is 9. The van der Waals surface area contributed by atoms with Gasteiger partial charge in [-0.05, 0) is 28.7 Å².